The van der Waals surface area contributed by atoms with Gasteiger partial charge in [-0.05, 0) is 43.2 Å². The van der Waals surface area contributed by atoms with Crippen molar-refractivity contribution in [2.45, 2.75) is 52.4 Å². The summed E-state index contributed by atoms with van der Waals surface area (Å²) in [4.78, 5) is 42.7. The van der Waals surface area contributed by atoms with Crippen LogP contribution in [0.1, 0.15) is 73.1 Å². The van der Waals surface area contributed by atoms with Gasteiger partial charge < -0.3 is 9.80 Å². The summed E-state index contributed by atoms with van der Waals surface area (Å²) >= 11 is 0. The van der Waals surface area contributed by atoms with Crippen molar-refractivity contribution in [1.82, 2.24) is 0 Å². The summed E-state index contributed by atoms with van der Waals surface area (Å²) in [6, 6.07) is 22.6. The van der Waals surface area contributed by atoms with Crippen molar-refractivity contribution >= 4 is 28.9 Å². The lowest BCUT2D eigenvalue weighted by Crippen LogP contribution is -2.37. The van der Waals surface area contributed by atoms with Crippen LogP contribution in [0.2, 0.25) is 0 Å². The van der Waals surface area contributed by atoms with Gasteiger partial charge in [0, 0.05) is 30.5 Å². The van der Waals surface area contributed by atoms with E-state index >= 15 is 0 Å². The molecule has 3 aromatic carbocycles. The number of nitrogens with zero attached hydrogens (tertiary/aromatic N) is 3. The number of carbonyl (C=O) groups excluding carboxylic acids is 2. The first kappa shape index (κ1) is 27.6. The number of carbonyl (C=O) groups is 2. The highest BCUT2D eigenvalue weighted by atomic mass is 16.6. The maximum atomic E-state index is 14.1. The third-order valence-corrected chi connectivity index (χ3v) is 6.28. The summed E-state index contributed by atoms with van der Waals surface area (Å²) in [6.45, 7) is 5.01. The quantitative estimate of drug-likeness (QED) is 0.140. The van der Waals surface area contributed by atoms with Crippen LogP contribution in [0.5, 0.6) is 0 Å². The molecule has 0 spiro atoms. The Morgan fingerprint density at radius 2 is 1.16 bits per heavy atom. The van der Waals surface area contributed by atoms with E-state index in [9.17, 15) is 19.7 Å². The fourth-order valence-corrected chi connectivity index (χ4v) is 4.33. The number of nitro groups is 1. The molecule has 2 amide bonds. The molecule has 3 rings (SSSR count). The number of unbranched alkanes of at least 4 members (excludes halogenated alkanes) is 4. The van der Waals surface area contributed by atoms with Crippen molar-refractivity contribution in [3.05, 3.63) is 100 Å². The summed E-state index contributed by atoms with van der Waals surface area (Å²) < 4.78 is 0. The van der Waals surface area contributed by atoms with E-state index in [-0.39, 0.29) is 16.8 Å². The van der Waals surface area contributed by atoms with Gasteiger partial charge in [0.05, 0.1) is 10.5 Å². The van der Waals surface area contributed by atoms with Crippen LogP contribution in [0.25, 0.3) is 0 Å². The molecule has 0 N–H and O–H groups in total. The minimum absolute atomic E-state index is 0.0379. The Bertz CT molecular complexity index is 1180. The number of rotatable bonds is 13. The molecule has 37 heavy (non-hydrogen) atoms. The summed E-state index contributed by atoms with van der Waals surface area (Å²) in [7, 11) is 0. The van der Waals surface area contributed by atoms with Crippen LogP contribution in [0, 0.1) is 10.1 Å². The number of benzene rings is 3. The zero-order valence-corrected chi connectivity index (χ0v) is 21.6. The fraction of sp³-hybridized carbons (Fsp3) is 0.333. The Kier molecular flexibility index (Phi) is 10.4. The van der Waals surface area contributed by atoms with Gasteiger partial charge in [-0.25, -0.2) is 0 Å². The number of hydrogen-bond acceptors (Lipinski definition) is 4. The van der Waals surface area contributed by atoms with Gasteiger partial charge in [0.25, 0.3) is 17.5 Å². The zero-order valence-electron chi connectivity index (χ0n) is 21.6. The third kappa shape index (κ3) is 7.03. The van der Waals surface area contributed by atoms with Crippen molar-refractivity contribution in [1.29, 1.82) is 0 Å². The highest BCUT2D eigenvalue weighted by Gasteiger charge is 2.33. The Morgan fingerprint density at radius 1 is 0.676 bits per heavy atom. The average Bonchev–Trinajstić information content (AvgIpc) is 2.93. The molecule has 0 heterocycles. The van der Waals surface area contributed by atoms with Crippen LogP contribution in [0.15, 0.2) is 78.9 Å². The molecule has 0 aliphatic carbocycles. The SMILES string of the molecule is CCCCCN(C(=O)c1cccc([N+](=O)[O-])c1C(=O)N(CCCCC)c1ccccc1)c1ccccc1. The van der Waals surface area contributed by atoms with Gasteiger partial charge in [-0.2, -0.15) is 0 Å². The molecule has 7 heteroatoms. The molecule has 0 fully saturated rings. The Labute approximate surface area is 218 Å². The van der Waals surface area contributed by atoms with Gasteiger partial charge in [0.2, 0.25) is 0 Å². The summed E-state index contributed by atoms with van der Waals surface area (Å²) in [6.07, 6.45) is 5.34. The first-order chi connectivity index (χ1) is 18.0. The van der Waals surface area contributed by atoms with Crippen LogP contribution in [-0.2, 0) is 0 Å². The predicted molar refractivity (Wildman–Crippen MR) is 148 cm³/mol. The molecule has 194 valence electrons. The average molecular weight is 502 g/mol. The van der Waals surface area contributed by atoms with Gasteiger partial charge >= 0.3 is 0 Å². The third-order valence-electron chi connectivity index (χ3n) is 6.28. The molecular weight excluding hydrogens is 466 g/mol. The fourth-order valence-electron chi connectivity index (χ4n) is 4.33. The first-order valence-electron chi connectivity index (χ1n) is 13.0. The Hall–Kier alpha value is -4.00. The number of hydrogen-bond donors (Lipinski definition) is 0. The van der Waals surface area contributed by atoms with Gasteiger partial charge in [-0.1, -0.05) is 82.0 Å². The lowest BCUT2D eigenvalue weighted by atomic mass is 10.0. The number of amides is 2. The zero-order chi connectivity index (χ0) is 26.6. The van der Waals surface area contributed by atoms with Crippen molar-refractivity contribution in [2.75, 3.05) is 22.9 Å². The lowest BCUT2D eigenvalue weighted by molar-refractivity contribution is -0.385. The predicted octanol–water partition coefficient (Wildman–Crippen LogP) is 7.27. The molecule has 3 aromatic rings. The summed E-state index contributed by atoms with van der Waals surface area (Å²) in [5.74, 6) is -0.963. The molecule has 0 aliphatic heterocycles. The Morgan fingerprint density at radius 3 is 1.62 bits per heavy atom. The molecule has 0 saturated heterocycles. The van der Waals surface area contributed by atoms with Crippen molar-refractivity contribution in [3.8, 4) is 0 Å². The maximum absolute atomic E-state index is 14.1. The van der Waals surface area contributed by atoms with E-state index in [1.807, 2.05) is 48.5 Å². The first-order valence-corrected chi connectivity index (χ1v) is 13.0. The molecule has 7 nitrogen and oxygen atoms in total. The van der Waals surface area contributed by atoms with Crippen LogP contribution in [0.4, 0.5) is 17.1 Å². The molecular formula is C30H35N3O4. The second-order valence-corrected chi connectivity index (χ2v) is 8.96. The van der Waals surface area contributed by atoms with Gasteiger partial charge in [0.1, 0.15) is 5.56 Å². The second-order valence-electron chi connectivity index (χ2n) is 8.96. The summed E-state index contributed by atoms with van der Waals surface area (Å²) in [5.41, 5.74) is 0.832. The van der Waals surface area contributed by atoms with Crippen LogP contribution in [0.3, 0.4) is 0 Å². The standard InChI is InChI=1S/C30H35N3O4/c1-3-5-13-22-31(24-16-9-7-10-17-24)29(34)26-20-15-21-27(33(36)37)28(26)30(35)32(23-14-6-4-2)25-18-11-8-12-19-25/h7-12,15-21H,3-6,13-14,22-23H2,1-2H3. The maximum Gasteiger partial charge on any atom is 0.282 e. The van der Waals surface area contributed by atoms with Gasteiger partial charge in [0.15, 0.2) is 0 Å². The van der Waals surface area contributed by atoms with E-state index in [0.717, 1.165) is 38.5 Å². The summed E-state index contributed by atoms with van der Waals surface area (Å²) in [5, 5.41) is 12.1. The molecule has 0 radical (unpaired) electrons. The monoisotopic (exact) mass is 501 g/mol. The number of para-hydroxylation sites is 2. The topological polar surface area (TPSA) is 83.8 Å². The highest BCUT2D eigenvalue weighted by Crippen LogP contribution is 2.29. The van der Waals surface area contributed by atoms with E-state index in [4.69, 9.17) is 0 Å². The minimum atomic E-state index is -0.580. The molecule has 0 bridgehead atoms. The van der Waals surface area contributed by atoms with E-state index < -0.39 is 16.7 Å². The van der Waals surface area contributed by atoms with Crippen molar-refractivity contribution in [2.24, 2.45) is 0 Å². The van der Waals surface area contributed by atoms with Crippen LogP contribution >= 0.6 is 0 Å². The highest BCUT2D eigenvalue weighted by molar-refractivity contribution is 6.18. The van der Waals surface area contributed by atoms with Crippen LogP contribution < -0.4 is 9.80 Å². The number of nitro benzene ring substituents is 1. The van der Waals surface area contributed by atoms with Crippen molar-refractivity contribution in [3.63, 3.8) is 0 Å². The van der Waals surface area contributed by atoms with E-state index in [0.29, 0.717) is 24.5 Å². The minimum Gasteiger partial charge on any atom is -0.308 e. The number of anilines is 2. The largest absolute Gasteiger partial charge is 0.308 e. The lowest BCUT2D eigenvalue weighted by Gasteiger charge is -2.26. The van der Waals surface area contributed by atoms with Crippen molar-refractivity contribution < 1.29 is 14.5 Å². The normalized spacial score (nSPS) is 10.6. The van der Waals surface area contributed by atoms with E-state index in [1.54, 1.807) is 21.9 Å². The van der Waals surface area contributed by atoms with Gasteiger partial charge in [-0.3, -0.25) is 19.7 Å². The molecule has 0 atom stereocenters. The molecule has 0 saturated carbocycles. The Balaban J connectivity index is 2.11. The van der Waals surface area contributed by atoms with Crippen LogP contribution in [-0.4, -0.2) is 29.8 Å². The van der Waals surface area contributed by atoms with E-state index in [2.05, 4.69) is 13.8 Å². The molecule has 0 aromatic heterocycles. The second kappa shape index (κ2) is 13.9. The van der Waals surface area contributed by atoms with E-state index in [1.165, 1.54) is 18.2 Å². The smallest absolute Gasteiger partial charge is 0.282 e. The van der Waals surface area contributed by atoms with Gasteiger partial charge in [-0.15, -0.1) is 0 Å². The molecule has 0 unspecified atom stereocenters. The molecule has 0 aliphatic rings.